The number of aromatic nitrogens is 1. The van der Waals surface area contributed by atoms with Crippen molar-refractivity contribution < 1.29 is 33.4 Å². The van der Waals surface area contributed by atoms with Crippen LogP contribution in [0.1, 0.15) is 93.4 Å². The lowest BCUT2D eigenvalue weighted by Gasteiger charge is -2.36. The molecule has 1 aromatic carbocycles. The van der Waals surface area contributed by atoms with Crippen molar-refractivity contribution in [2.75, 3.05) is 27.7 Å². The van der Waals surface area contributed by atoms with Crippen LogP contribution < -0.4 is 10.6 Å². The highest BCUT2D eigenvalue weighted by molar-refractivity contribution is 7.09. The van der Waals surface area contributed by atoms with E-state index >= 15 is 0 Å². The third kappa shape index (κ3) is 10.6. The largest absolute Gasteiger partial charge is 0.469 e. The summed E-state index contributed by atoms with van der Waals surface area (Å²) in [5.41, 5.74) is 1.18. The number of hydrogen-bond acceptors (Lipinski definition) is 10. The highest BCUT2D eigenvalue weighted by atomic mass is 32.1. The first-order valence-corrected chi connectivity index (χ1v) is 18.5. The van der Waals surface area contributed by atoms with Crippen LogP contribution in [0.15, 0.2) is 35.7 Å². The van der Waals surface area contributed by atoms with E-state index in [4.69, 9.17) is 9.47 Å². The zero-order valence-corrected chi connectivity index (χ0v) is 31.2. The minimum absolute atomic E-state index is 0.0168. The molecular formula is C37H53N5O7S. The minimum atomic E-state index is -0.803. The molecule has 1 saturated carbocycles. The molecule has 50 heavy (non-hydrogen) atoms. The Morgan fingerprint density at radius 2 is 1.74 bits per heavy atom. The normalized spacial score (nSPS) is 19.2. The summed E-state index contributed by atoms with van der Waals surface area (Å²) in [5.74, 6) is -1.89. The maximum atomic E-state index is 14.0. The summed E-state index contributed by atoms with van der Waals surface area (Å²) in [4.78, 5) is 73.5. The molecule has 1 aliphatic heterocycles. The molecule has 1 aromatic heterocycles. The predicted molar refractivity (Wildman–Crippen MR) is 190 cm³/mol. The van der Waals surface area contributed by atoms with E-state index in [1.54, 1.807) is 24.3 Å². The van der Waals surface area contributed by atoms with Crippen LogP contribution in [0, 0.1) is 17.8 Å². The van der Waals surface area contributed by atoms with Crippen LogP contribution >= 0.6 is 11.3 Å². The minimum Gasteiger partial charge on any atom is -0.469 e. The molecule has 3 amide bonds. The van der Waals surface area contributed by atoms with Gasteiger partial charge in [0.1, 0.15) is 16.7 Å². The Bertz CT molecular complexity index is 1480. The first-order valence-electron chi connectivity index (χ1n) is 17.6. The van der Waals surface area contributed by atoms with Crippen molar-refractivity contribution in [3.05, 3.63) is 52.0 Å². The zero-order valence-electron chi connectivity index (χ0n) is 30.3. The molecule has 0 spiro atoms. The molecule has 0 radical (unpaired) electrons. The van der Waals surface area contributed by atoms with Crippen molar-refractivity contribution in [1.82, 2.24) is 25.4 Å². The van der Waals surface area contributed by atoms with Crippen molar-refractivity contribution in [3.8, 4) is 0 Å². The van der Waals surface area contributed by atoms with E-state index in [0.717, 1.165) is 37.8 Å². The maximum absolute atomic E-state index is 14.0. The summed E-state index contributed by atoms with van der Waals surface area (Å²) >= 11 is 1.21. The third-order valence-corrected chi connectivity index (χ3v) is 10.7. The number of likely N-dealkylation sites (tertiary alicyclic amines) is 1. The Balaban J connectivity index is 1.49. The average Bonchev–Trinajstić information content (AvgIpc) is 3.62. The van der Waals surface area contributed by atoms with E-state index in [1.165, 1.54) is 25.4 Å². The Labute approximate surface area is 299 Å². The van der Waals surface area contributed by atoms with E-state index in [1.807, 2.05) is 56.1 Å². The van der Waals surface area contributed by atoms with Gasteiger partial charge in [0.2, 0.25) is 11.8 Å². The Kier molecular flexibility index (Phi) is 13.9. The number of nitrogens with zero attached hydrogens (tertiary/aromatic N) is 3. The molecule has 13 heteroatoms. The van der Waals surface area contributed by atoms with Gasteiger partial charge in [-0.1, -0.05) is 51.1 Å². The summed E-state index contributed by atoms with van der Waals surface area (Å²) in [6.07, 6.45) is 3.83. The van der Waals surface area contributed by atoms with E-state index < -0.39 is 29.9 Å². The Hall–Kier alpha value is -3.84. The van der Waals surface area contributed by atoms with Gasteiger partial charge in [-0.25, -0.2) is 4.98 Å². The van der Waals surface area contributed by atoms with Crippen LogP contribution in [-0.2, 0) is 35.1 Å². The van der Waals surface area contributed by atoms with Gasteiger partial charge in [0.15, 0.2) is 6.10 Å². The topological polar surface area (TPSA) is 147 Å². The van der Waals surface area contributed by atoms with E-state index in [2.05, 4.69) is 15.6 Å². The SMILES string of the molecule is COC(=O)C(C)CC(Cc1ccccc1)NC(=O)c1csc(C(CC(C(C)C)N(C)C(=O)C(NC(=O)[C@H]2CCCN2C)C2CC2)OC(C)=O)n1. The van der Waals surface area contributed by atoms with Crippen molar-refractivity contribution in [3.63, 3.8) is 0 Å². The number of nitrogens with one attached hydrogen (secondary N) is 2. The molecular weight excluding hydrogens is 659 g/mol. The quantitative estimate of drug-likeness (QED) is 0.231. The molecule has 12 nitrogen and oxygen atoms in total. The van der Waals surface area contributed by atoms with Gasteiger partial charge in [-0.05, 0) is 69.5 Å². The van der Waals surface area contributed by atoms with Gasteiger partial charge in [0.05, 0.1) is 19.1 Å². The Morgan fingerprint density at radius 3 is 2.32 bits per heavy atom. The summed E-state index contributed by atoms with van der Waals surface area (Å²) in [5, 5.41) is 8.18. The highest BCUT2D eigenvalue weighted by Gasteiger charge is 2.42. The molecule has 6 atom stereocenters. The van der Waals surface area contributed by atoms with Crippen LogP contribution in [0.3, 0.4) is 0 Å². The lowest BCUT2D eigenvalue weighted by atomic mass is 9.95. The number of rotatable bonds is 17. The van der Waals surface area contributed by atoms with Gasteiger partial charge >= 0.3 is 11.9 Å². The number of carbonyl (C=O) groups excluding carboxylic acids is 5. The lowest BCUT2D eigenvalue weighted by molar-refractivity contribution is -0.149. The van der Waals surface area contributed by atoms with Crippen LogP contribution in [-0.4, -0.2) is 96.4 Å². The molecule has 1 aliphatic carbocycles. The molecule has 274 valence electrons. The summed E-state index contributed by atoms with van der Waals surface area (Å²) in [6, 6.07) is 8.13. The van der Waals surface area contributed by atoms with Crippen molar-refractivity contribution in [1.29, 1.82) is 0 Å². The fourth-order valence-corrected chi connectivity index (χ4v) is 7.64. The number of ether oxygens (including phenoxy) is 2. The fourth-order valence-electron chi connectivity index (χ4n) is 6.80. The highest BCUT2D eigenvalue weighted by Crippen LogP contribution is 2.36. The molecule has 1 saturated heterocycles. The lowest BCUT2D eigenvalue weighted by Crippen LogP contribution is -2.55. The molecule has 2 aliphatic rings. The predicted octanol–water partition coefficient (Wildman–Crippen LogP) is 4.15. The molecule has 2 N–H and O–H groups in total. The standard InChI is InChI=1S/C37H53N5O7S/c1-22(2)30(42(6)36(46)32(26-15-16-26)40-34(45)29-14-11-17-41(29)5)20-31(49-24(4)43)35-39-28(21-50-35)33(44)38-27(18-23(3)37(47)48-7)19-25-12-9-8-10-13-25/h8-10,12-13,21-23,26-27,29-32H,11,14-20H2,1-7H3,(H,38,44)(H,40,45)/t23?,27?,29-,30?,31?,32?/m1/s1. The summed E-state index contributed by atoms with van der Waals surface area (Å²) in [6.45, 7) is 7.95. The first-order chi connectivity index (χ1) is 23.8. The monoisotopic (exact) mass is 711 g/mol. The molecule has 0 bridgehead atoms. The summed E-state index contributed by atoms with van der Waals surface area (Å²) in [7, 11) is 5.02. The second-order valence-corrected chi connectivity index (χ2v) is 15.0. The smallest absolute Gasteiger partial charge is 0.308 e. The second kappa shape index (κ2) is 17.9. The molecule has 4 rings (SSSR count). The Morgan fingerprint density at radius 1 is 1.04 bits per heavy atom. The molecule has 2 heterocycles. The average molecular weight is 712 g/mol. The van der Waals surface area contributed by atoms with Crippen LogP contribution in [0.2, 0.25) is 0 Å². The number of likely N-dealkylation sites (N-methyl/N-ethyl adjacent to an activating group) is 2. The van der Waals surface area contributed by atoms with Crippen molar-refractivity contribution in [2.24, 2.45) is 17.8 Å². The second-order valence-electron chi connectivity index (χ2n) is 14.1. The molecule has 5 unspecified atom stereocenters. The fraction of sp³-hybridized carbons (Fsp3) is 0.622. The number of carbonyl (C=O) groups is 5. The zero-order chi connectivity index (χ0) is 36.5. The molecule has 2 fully saturated rings. The van der Waals surface area contributed by atoms with Crippen molar-refractivity contribution >= 4 is 41.0 Å². The number of hydrogen-bond donors (Lipinski definition) is 2. The van der Waals surface area contributed by atoms with Gasteiger partial charge in [-0.3, -0.25) is 28.9 Å². The number of amides is 3. The van der Waals surface area contributed by atoms with Crippen molar-refractivity contribution in [2.45, 2.75) is 103 Å². The van der Waals surface area contributed by atoms with Crippen LogP contribution in [0.5, 0.6) is 0 Å². The van der Waals surface area contributed by atoms with Gasteiger partial charge in [-0.15, -0.1) is 11.3 Å². The molecule has 2 aromatic rings. The number of benzene rings is 1. The van der Waals surface area contributed by atoms with Crippen LogP contribution in [0.25, 0.3) is 0 Å². The van der Waals surface area contributed by atoms with E-state index in [-0.39, 0.29) is 59.9 Å². The van der Waals surface area contributed by atoms with E-state index in [0.29, 0.717) is 17.8 Å². The van der Waals surface area contributed by atoms with Gasteiger partial charge < -0.3 is 25.0 Å². The van der Waals surface area contributed by atoms with Gasteiger partial charge in [0, 0.05) is 37.9 Å². The summed E-state index contributed by atoms with van der Waals surface area (Å²) < 4.78 is 10.7. The van der Waals surface area contributed by atoms with Gasteiger partial charge in [-0.2, -0.15) is 0 Å². The van der Waals surface area contributed by atoms with Crippen LogP contribution in [0.4, 0.5) is 0 Å². The number of methoxy groups -OCH3 is 1. The van der Waals surface area contributed by atoms with Gasteiger partial charge in [0.25, 0.3) is 5.91 Å². The first kappa shape index (κ1) is 39.0. The third-order valence-electron chi connectivity index (χ3n) is 9.79. The number of thiazole rings is 1. The maximum Gasteiger partial charge on any atom is 0.308 e. The van der Waals surface area contributed by atoms with E-state index in [9.17, 15) is 24.0 Å². The number of esters is 2.